The maximum atomic E-state index is 11.0. The Bertz CT molecular complexity index is 251. The Labute approximate surface area is 77.7 Å². The van der Waals surface area contributed by atoms with Crippen LogP contribution < -0.4 is 5.32 Å². The summed E-state index contributed by atoms with van der Waals surface area (Å²) < 4.78 is 22.0. The van der Waals surface area contributed by atoms with E-state index in [9.17, 15) is 8.42 Å². The monoisotopic (exact) mass is 209 g/mol. The van der Waals surface area contributed by atoms with Gasteiger partial charge < -0.3 is 15.5 Å². The van der Waals surface area contributed by atoms with E-state index in [-0.39, 0.29) is 30.7 Å². The lowest BCUT2D eigenvalue weighted by atomic mass is 10.2. The summed E-state index contributed by atoms with van der Waals surface area (Å²) in [5.41, 5.74) is 0. The quantitative estimate of drug-likeness (QED) is 0.504. The summed E-state index contributed by atoms with van der Waals surface area (Å²) in [6.45, 7) is -0.0524. The van der Waals surface area contributed by atoms with Crippen LogP contribution in [0.1, 0.15) is 6.42 Å². The number of nitrogens with one attached hydrogen (secondary N) is 1. The fourth-order valence-electron chi connectivity index (χ4n) is 1.32. The first-order chi connectivity index (χ1) is 6.03. The van der Waals surface area contributed by atoms with E-state index >= 15 is 0 Å². The second-order valence-corrected chi connectivity index (χ2v) is 5.57. The summed E-state index contributed by atoms with van der Waals surface area (Å²) in [5, 5.41) is 20.4. The van der Waals surface area contributed by atoms with E-state index in [1.165, 1.54) is 0 Å². The molecule has 0 unspecified atom stereocenters. The lowest BCUT2D eigenvalue weighted by Gasteiger charge is -2.13. The second-order valence-electron chi connectivity index (χ2n) is 3.34. The van der Waals surface area contributed by atoms with Crippen LogP contribution >= 0.6 is 0 Å². The van der Waals surface area contributed by atoms with Crippen LogP contribution in [-0.2, 0) is 9.84 Å². The zero-order valence-corrected chi connectivity index (χ0v) is 8.13. The molecule has 1 aliphatic heterocycles. The van der Waals surface area contributed by atoms with Gasteiger partial charge in [-0.25, -0.2) is 8.42 Å². The summed E-state index contributed by atoms with van der Waals surface area (Å²) in [6, 6.07) is -0.0637. The predicted octanol–water partition coefficient (Wildman–Crippen LogP) is -1.88. The first-order valence-electron chi connectivity index (χ1n) is 4.26. The lowest BCUT2D eigenvalue weighted by molar-refractivity contribution is 0.0925. The van der Waals surface area contributed by atoms with Crippen LogP contribution in [0.3, 0.4) is 0 Å². The van der Waals surface area contributed by atoms with Gasteiger partial charge in [0.2, 0.25) is 0 Å². The van der Waals surface area contributed by atoms with Crippen LogP contribution in [0.2, 0.25) is 0 Å². The standard InChI is InChI=1S/C7H15NO4S/c9-4-7(10)3-8-6-1-2-13(11,12)5-6/h6-10H,1-5H2/t6-,7-/m0/s1. The van der Waals surface area contributed by atoms with Crippen molar-refractivity contribution in [2.24, 2.45) is 0 Å². The highest BCUT2D eigenvalue weighted by Crippen LogP contribution is 2.10. The highest BCUT2D eigenvalue weighted by atomic mass is 32.2. The Morgan fingerprint density at radius 1 is 1.54 bits per heavy atom. The van der Waals surface area contributed by atoms with Crippen LogP contribution in [0.15, 0.2) is 0 Å². The van der Waals surface area contributed by atoms with Gasteiger partial charge >= 0.3 is 0 Å². The van der Waals surface area contributed by atoms with Crippen molar-refractivity contribution >= 4 is 9.84 Å². The molecule has 1 rings (SSSR count). The molecule has 0 aromatic heterocycles. The molecule has 78 valence electrons. The van der Waals surface area contributed by atoms with Gasteiger partial charge in [0.15, 0.2) is 9.84 Å². The SMILES string of the molecule is O=S1(=O)CC[C@H](NC[C@H](O)CO)C1. The van der Waals surface area contributed by atoms with Gasteiger partial charge in [-0.15, -0.1) is 0 Å². The largest absolute Gasteiger partial charge is 0.394 e. The van der Waals surface area contributed by atoms with Crippen molar-refractivity contribution in [1.82, 2.24) is 5.32 Å². The summed E-state index contributed by atoms with van der Waals surface area (Å²) in [5.74, 6) is 0.366. The minimum Gasteiger partial charge on any atom is -0.394 e. The fourth-order valence-corrected chi connectivity index (χ4v) is 3.03. The van der Waals surface area contributed by atoms with Gasteiger partial charge in [-0.1, -0.05) is 0 Å². The molecule has 1 heterocycles. The Balaban J connectivity index is 2.25. The summed E-state index contributed by atoms with van der Waals surface area (Å²) in [7, 11) is -2.86. The number of aliphatic hydroxyl groups is 2. The lowest BCUT2D eigenvalue weighted by Crippen LogP contribution is -2.37. The molecule has 5 nitrogen and oxygen atoms in total. The number of rotatable bonds is 4. The van der Waals surface area contributed by atoms with Gasteiger partial charge in [0.1, 0.15) is 0 Å². The molecule has 1 aliphatic rings. The molecule has 0 bridgehead atoms. The smallest absolute Gasteiger partial charge is 0.151 e. The van der Waals surface area contributed by atoms with E-state index in [1.54, 1.807) is 0 Å². The Hall–Kier alpha value is -0.170. The molecular formula is C7H15NO4S. The van der Waals surface area contributed by atoms with Crippen molar-refractivity contribution in [1.29, 1.82) is 0 Å². The molecule has 0 amide bonds. The van der Waals surface area contributed by atoms with E-state index in [2.05, 4.69) is 5.32 Å². The maximum Gasteiger partial charge on any atom is 0.151 e. The minimum atomic E-state index is -2.86. The molecular weight excluding hydrogens is 194 g/mol. The first kappa shape index (κ1) is 10.9. The molecule has 1 saturated heterocycles. The van der Waals surface area contributed by atoms with Crippen molar-refractivity contribution in [2.45, 2.75) is 18.6 Å². The van der Waals surface area contributed by atoms with Gasteiger partial charge in [0, 0.05) is 12.6 Å². The van der Waals surface area contributed by atoms with Gasteiger partial charge in [0.05, 0.1) is 24.2 Å². The number of sulfone groups is 1. The summed E-state index contributed by atoms with van der Waals surface area (Å²) >= 11 is 0. The summed E-state index contributed by atoms with van der Waals surface area (Å²) in [4.78, 5) is 0. The van der Waals surface area contributed by atoms with Crippen LogP contribution in [0.5, 0.6) is 0 Å². The van der Waals surface area contributed by atoms with E-state index < -0.39 is 15.9 Å². The molecule has 0 radical (unpaired) electrons. The second kappa shape index (κ2) is 4.36. The van der Waals surface area contributed by atoms with Crippen LogP contribution in [0.25, 0.3) is 0 Å². The maximum absolute atomic E-state index is 11.0. The zero-order chi connectivity index (χ0) is 9.90. The molecule has 0 saturated carbocycles. The van der Waals surface area contributed by atoms with E-state index in [1.807, 2.05) is 0 Å². The Kier molecular flexibility index (Phi) is 3.66. The topological polar surface area (TPSA) is 86.6 Å². The first-order valence-corrected chi connectivity index (χ1v) is 6.08. The molecule has 0 spiro atoms. The van der Waals surface area contributed by atoms with Gasteiger partial charge in [-0.2, -0.15) is 0 Å². The molecule has 3 N–H and O–H groups in total. The molecule has 6 heteroatoms. The van der Waals surface area contributed by atoms with Gasteiger partial charge in [-0.3, -0.25) is 0 Å². The third-order valence-corrected chi connectivity index (χ3v) is 3.85. The highest BCUT2D eigenvalue weighted by Gasteiger charge is 2.27. The summed E-state index contributed by atoms with van der Waals surface area (Å²) in [6.07, 6.45) is -0.205. The van der Waals surface area contributed by atoms with Gasteiger partial charge in [-0.05, 0) is 6.42 Å². The Morgan fingerprint density at radius 3 is 2.69 bits per heavy atom. The van der Waals surface area contributed by atoms with Crippen molar-refractivity contribution in [3.8, 4) is 0 Å². The average Bonchev–Trinajstić information content (AvgIpc) is 2.41. The predicted molar refractivity (Wildman–Crippen MR) is 48.2 cm³/mol. The molecule has 0 aromatic rings. The minimum absolute atomic E-state index is 0.0637. The van der Waals surface area contributed by atoms with E-state index in [4.69, 9.17) is 10.2 Å². The van der Waals surface area contributed by atoms with E-state index in [0.29, 0.717) is 6.42 Å². The van der Waals surface area contributed by atoms with Gasteiger partial charge in [0.25, 0.3) is 0 Å². The Morgan fingerprint density at radius 2 is 2.23 bits per heavy atom. The average molecular weight is 209 g/mol. The fraction of sp³-hybridized carbons (Fsp3) is 1.00. The van der Waals surface area contributed by atoms with Crippen molar-refractivity contribution < 1.29 is 18.6 Å². The van der Waals surface area contributed by atoms with Crippen LogP contribution in [-0.4, -0.2) is 55.4 Å². The molecule has 0 aromatic carbocycles. The molecule has 2 atom stereocenters. The van der Waals surface area contributed by atoms with Crippen LogP contribution in [0, 0.1) is 0 Å². The number of aliphatic hydroxyl groups excluding tert-OH is 2. The third kappa shape index (κ3) is 3.60. The van der Waals surface area contributed by atoms with Crippen molar-refractivity contribution in [3.05, 3.63) is 0 Å². The van der Waals surface area contributed by atoms with Crippen molar-refractivity contribution in [2.75, 3.05) is 24.7 Å². The number of hydrogen-bond donors (Lipinski definition) is 3. The zero-order valence-electron chi connectivity index (χ0n) is 7.31. The third-order valence-electron chi connectivity index (χ3n) is 2.09. The van der Waals surface area contributed by atoms with E-state index in [0.717, 1.165) is 0 Å². The molecule has 1 fully saturated rings. The normalized spacial score (nSPS) is 28.9. The van der Waals surface area contributed by atoms with Crippen molar-refractivity contribution in [3.63, 3.8) is 0 Å². The molecule has 13 heavy (non-hydrogen) atoms. The van der Waals surface area contributed by atoms with Crippen LogP contribution in [0.4, 0.5) is 0 Å². The highest BCUT2D eigenvalue weighted by molar-refractivity contribution is 7.91. The number of hydrogen-bond acceptors (Lipinski definition) is 5. The molecule has 0 aliphatic carbocycles.